The summed E-state index contributed by atoms with van der Waals surface area (Å²) in [6, 6.07) is 5.81. The van der Waals surface area contributed by atoms with Crippen LogP contribution in [0.4, 0.5) is 0 Å². The summed E-state index contributed by atoms with van der Waals surface area (Å²) in [5, 5.41) is 9.77. The minimum atomic E-state index is 0.333. The minimum absolute atomic E-state index is 0.333. The third kappa shape index (κ3) is 3.14. The van der Waals surface area contributed by atoms with Gasteiger partial charge in [0.25, 0.3) is 0 Å². The Morgan fingerprint density at radius 1 is 1.38 bits per heavy atom. The summed E-state index contributed by atoms with van der Waals surface area (Å²) in [6.45, 7) is 8.14. The Kier molecular flexibility index (Phi) is 4.62. The molecule has 1 aromatic carbocycles. The van der Waals surface area contributed by atoms with E-state index in [-0.39, 0.29) is 0 Å². The molecule has 0 bridgehead atoms. The Labute approximate surface area is 97.7 Å². The molecule has 0 radical (unpaired) electrons. The van der Waals surface area contributed by atoms with Gasteiger partial charge in [-0.05, 0) is 38.6 Å². The van der Waals surface area contributed by atoms with E-state index in [0.717, 1.165) is 24.4 Å². The summed E-state index contributed by atoms with van der Waals surface area (Å²) in [6.07, 6.45) is 0. The molecule has 3 nitrogen and oxygen atoms in total. The van der Waals surface area contributed by atoms with E-state index in [0.29, 0.717) is 11.8 Å². The van der Waals surface area contributed by atoms with Gasteiger partial charge >= 0.3 is 0 Å². The lowest BCUT2D eigenvalue weighted by molar-refractivity contribution is 0.222. The van der Waals surface area contributed by atoms with Gasteiger partial charge in [0.2, 0.25) is 0 Å². The monoisotopic (exact) mass is 223 g/mol. The van der Waals surface area contributed by atoms with E-state index < -0.39 is 0 Å². The lowest BCUT2D eigenvalue weighted by Gasteiger charge is -2.25. The highest BCUT2D eigenvalue weighted by Gasteiger charge is 2.11. The molecule has 1 aromatic rings. The van der Waals surface area contributed by atoms with Gasteiger partial charge in [0, 0.05) is 18.2 Å². The first-order valence-electron chi connectivity index (χ1n) is 5.68. The van der Waals surface area contributed by atoms with Crippen LogP contribution in [0.3, 0.4) is 0 Å². The molecule has 90 valence electrons. The molecule has 3 heteroatoms. The maximum absolute atomic E-state index is 9.77. The van der Waals surface area contributed by atoms with Crippen LogP contribution < -0.4 is 4.74 Å². The number of phenols is 1. The number of rotatable bonds is 5. The Hall–Kier alpha value is -1.22. The third-order valence-corrected chi connectivity index (χ3v) is 2.80. The Morgan fingerprint density at radius 3 is 2.56 bits per heavy atom. The zero-order valence-electron chi connectivity index (χ0n) is 10.5. The van der Waals surface area contributed by atoms with Gasteiger partial charge in [0.05, 0.1) is 7.11 Å². The molecule has 0 heterocycles. The molecule has 0 saturated heterocycles. The second-order valence-corrected chi connectivity index (χ2v) is 4.15. The molecule has 0 spiro atoms. The molecule has 0 saturated carbocycles. The Balaban J connectivity index is 2.86. The van der Waals surface area contributed by atoms with E-state index in [1.54, 1.807) is 19.2 Å². The summed E-state index contributed by atoms with van der Waals surface area (Å²) < 4.78 is 5.16. The van der Waals surface area contributed by atoms with Gasteiger partial charge in [-0.15, -0.1) is 0 Å². The van der Waals surface area contributed by atoms with Crippen molar-refractivity contribution in [2.45, 2.75) is 33.4 Å². The van der Waals surface area contributed by atoms with Crippen LogP contribution in [0.5, 0.6) is 11.5 Å². The van der Waals surface area contributed by atoms with Crippen molar-refractivity contribution in [3.8, 4) is 11.5 Å². The lowest BCUT2D eigenvalue weighted by Crippen LogP contribution is -2.29. The Morgan fingerprint density at radius 2 is 2.06 bits per heavy atom. The SMILES string of the molecule is CCN(Cc1cc(OC)ccc1O)C(C)C. The van der Waals surface area contributed by atoms with Crippen LogP contribution in [0.25, 0.3) is 0 Å². The van der Waals surface area contributed by atoms with Crippen molar-refractivity contribution in [1.29, 1.82) is 0 Å². The highest BCUT2D eigenvalue weighted by atomic mass is 16.5. The number of hydrogen-bond acceptors (Lipinski definition) is 3. The van der Waals surface area contributed by atoms with Crippen molar-refractivity contribution in [2.24, 2.45) is 0 Å². The van der Waals surface area contributed by atoms with Crippen molar-refractivity contribution in [2.75, 3.05) is 13.7 Å². The first kappa shape index (κ1) is 12.8. The third-order valence-electron chi connectivity index (χ3n) is 2.80. The van der Waals surface area contributed by atoms with Crippen LogP contribution in [0.2, 0.25) is 0 Å². The standard InChI is InChI=1S/C13H21NO2/c1-5-14(10(2)3)9-11-8-12(16-4)6-7-13(11)15/h6-8,10,15H,5,9H2,1-4H3. The fourth-order valence-corrected chi connectivity index (χ4v) is 1.69. The summed E-state index contributed by atoms with van der Waals surface area (Å²) >= 11 is 0. The second-order valence-electron chi connectivity index (χ2n) is 4.15. The number of hydrogen-bond donors (Lipinski definition) is 1. The highest BCUT2D eigenvalue weighted by Crippen LogP contribution is 2.24. The minimum Gasteiger partial charge on any atom is -0.508 e. The molecule has 0 aliphatic carbocycles. The molecule has 0 atom stereocenters. The van der Waals surface area contributed by atoms with Gasteiger partial charge < -0.3 is 9.84 Å². The highest BCUT2D eigenvalue weighted by molar-refractivity contribution is 5.39. The fraction of sp³-hybridized carbons (Fsp3) is 0.538. The number of ether oxygens (including phenoxy) is 1. The van der Waals surface area contributed by atoms with Crippen molar-refractivity contribution in [3.05, 3.63) is 23.8 Å². The van der Waals surface area contributed by atoms with Crippen LogP contribution in [-0.2, 0) is 6.54 Å². The lowest BCUT2D eigenvalue weighted by atomic mass is 10.1. The smallest absolute Gasteiger partial charge is 0.120 e. The topological polar surface area (TPSA) is 32.7 Å². The van der Waals surface area contributed by atoms with Crippen LogP contribution in [-0.4, -0.2) is 29.7 Å². The summed E-state index contributed by atoms with van der Waals surface area (Å²) in [4.78, 5) is 2.29. The molecule has 16 heavy (non-hydrogen) atoms. The molecular formula is C13H21NO2. The van der Waals surface area contributed by atoms with E-state index in [1.165, 1.54) is 0 Å². The first-order chi connectivity index (χ1) is 7.58. The largest absolute Gasteiger partial charge is 0.508 e. The maximum atomic E-state index is 9.77. The van der Waals surface area contributed by atoms with Gasteiger partial charge in [0.15, 0.2) is 0 Å². The van der Waals surface area contributed by atoms with Crippen molar-refractivity contribution in [3.63, 3.8) is 0 Å². The number of phenolic OH excluding ortho intramolecular Hbond substituents is 1. The zero-order chi connectivity index (χ0) is 12.1. The van der Waals surface area contributed by atoms with Crippen LogP contribution >= 0.6 is 0 Å². The Bertz CT molecular complexity index is 337. The van der Waals surface area contributed by atoms with Gasteiger partial charge in [-0.25, -0.2) is 0 Å². The molecule has 1 rings (SSSR count). The van der Waals surface area contributed by atoms with E-state index in [4.69, 9.17) is 4.74 Å². The molecule has 0 fully saturated rings. The molecule has 1 N–H and O–H groups in total. The van der Waals surface area contributed by atoms with E-state index in [2.05, 4.69) is 25.7 Å². The molecule has 0 aliphatic rings. The second kappa shape index (κ2) is 5.75. The average Bonchev–Trinajstić information content (AvgIpc) is 2.27. The van der Waals surface area contributed by atoms with E-state index >= 15 is 0 Å². The molecular weight excluding hydrogens is 202 g/mol. The van der Waals surface area contributed by atoms with Crippen LogP contribution in [0.15, 0.2) is 18.2 Å². The van der Waals surface area contributed by atoms with Crippen LogP contribution in [0.1, 0.15) is 26.3 Å². The van der Waals surface area contributed by atoms with Crippen molar-refractivity contribution >= 4 is 0 Å². The summed E-state index contributed by atoms with van der Waals surface area (Å²) in [5.41, 5.74) is 0.912. The number of benzene rings is 1. The number of methoxy groups -OCH3 is 1. The van der Waals surface area contributed by atoms with E-state index in [9.17, 15) is 5.11 Å². The summed E-state index contributed by atoms with van der Waals surface area (Å²) in [5.74, 6) is 1.12. The number of nitrogens with zero attached hydrogens (tertiary/aromatic N) is 1. The molecule has 0 unspecified atom stereocenters. The normalized spacial score (nSPS) is 11.1. The van der Waals surface area contributed by atoms with Gasteiger partial charge in [-0.2, -0.15) is 0 Å². The molecule has 0 aromatic heterocycles. The number of aromatic hydroxyl groups is 1. The van der Waals surface area contributed by atoms with Gasteiger partial charge in [-0.1, -0.05) is 6.92 Å². The van der Waals surface area contributed by atoms with Gasteiger partial charge in [0.1, 0.15) is 11.5 Å². The van der Waals surface area contributed by atoms with Crippen LogP contribution in [0, 0.1) is 0 Å². The fourth-order valence-electron chi connectivity index (χ4n) is 1.69. The predicted molar refractivity (Wildman–Crippen MR) is 65.9 cm³/mol. The maximum Gasteiger partial charge on any atom is 0.120 e. The predicted octanol–water partition coefficient (Wildman–Crippen LogP) is 2.63. The van der Waals surface area contributed by atoms with Crippen molar-refractivity contribution < 1.29 is 9.84 Å². The molecule has 0 aliphatic heterocycles. The molecule has 0 amide bonds. The average molecular weight is 223 g/mol. The van der Waals surface area contributed by atoms with E-state index in [1.807, 2.05) is 6.07 Å². The van der Waals surface area contributed by atoms with Crippen molar-refractivity contribution in [1.82, 2.24) is 4.90 Å². The van der Waals surface area contributed by atoms with Gasteiger partial charge in [-0.3, -0.25) is 4.90 Å². The zero-order valence-corrected chi connectivity index (χ0v) is 10.5. The summed E-state index contributed by atoms with van der Waals surface area (Å²) in [7, 11) is 1.64. The quantitative estimate of drug-likeness (QED) is 0.833. The first-order valence-corrected chi connectivity index (χ1v) is 5.68.